The van der Waals surface area contributed by atoms with Crippen molar-refractivity contribution in [3.05, 3.63) is 59.8 Å². The second-order valence-electron chi connectivity index (χ2n) is 9.01. The van der Waals surface area contributed by atoms with Gasteiger partial charge >= 0.3 is 6.18 Å². The Morgan fingerprint density at radius 2 is 1.84 bits per heavy atom. The van der Waals surface area contributed by atoms with Gasteiger partial charge in [-0.1, -0.05) is 18.2 Å². The van der Waals surface area contributed by atoms with E-state index in [0.717, 1.165) is 18.5 Å². The summed E-state index contributed by atoms with van der Waals surface area (Å²) in [5, 5.41) is 14.0. The van der Waals surface area contributed by atoms with Gasteiger partial charge in [-0.25, -0.2) is 18.4 Å². The number of nitrogens with zero attached hydrogens (tertiary/aromatic N) is 6. The smallest absolute Gasteiger partial charge is 0.419 e. The van der Waals surface area contributed by atoms with Crippen molar-refractivity contribution in [2.45, 2.75) is 25.1 Å². The number of hydrogen-bond donors (Lipinski definition) is 1. The molecule has 7 nitrogen and oxygen atoms in total. The van der Waals surface area contributed by atoms with Crippen LogP contribution >= 0.6 is 0 Å². The molecule has 5 rings (SSSR count). The quantitative estimate of drug-likeness (QED) is 0.378. The number of rotatable bonds is 4. The third-order valence-electron chi connectivity index (χ3n) is 6.70. The minimum atomic E-state index is -5.14. The van der Waals surface area contributed by atoms with Crippen molar-refractivity contribution in [2.75, 3.05) is 29.9 Å². The monoisotopic (exact) mass is 518 g/mol. The highest BCUT2D eigenvalue weighted by Crippen LogP contribution is 2.41. The number of piperidine rings is 1. The molecule has 0 aliphatic carbocycles. The van der Waals surface area contributed by atoms with E-state index in [1.807, 2.05) is 42.3 Å². The molecular formula is C25H23F5N6O. The molecule has 1 saturated heterocycles. The molecule has 1 unspecified atom stereocenters. The topological polar surface area (TPSA) is 70.3 Å². The van der Waals surface area contributed by atoms with E-state index >= 15 is 0 Å². The number of para-hydroxylation sites is 1. The number of fused-ring (bicyclic) bond motifs is 1. The Morgan fingerprint density at radius 1 is 1.11 bits per heavy atom. The van der Waals surface area contributed by atoms with Crippen LogP contribution < -0.4 is 9.80 Å². The number of benzene rings is 2. The van der Waals surface area contributed by atoms with Crippen LogP contribution in [-0.4, -0.2) is 51.0 Å². The molecule has 0 spiro atoms. The minimum Gasteiger partial charge on any atom is -0.503 e. The summed E-state index contributed by atoms with van der Waals surface area (Å²) in [6.45, 7) is 1.36. The number of phenolic OH excluding ortho intramolecular Hbond substituents is 1. The van der Waals surface area contributed by atoms with Gasteiger partial charge in [0, 0.05) is 50.7 Å². The summed E-state index contributed by atoms with van der Waals surface area (Å²) in [6.07, 6.45) is -1.90. The van der Waals surface area contributed by atoms with Crippen LogP contribution in [0.15, 0.2) is 42.6 Å². The standard InChI is InChI=1S/C25H23F5N6O/c1-34(14-7-4-3-5-8-14)15-9-6-10-36(13-15)24-31-12-17-21(33-35(2)23(17)32-24)16-11-18(25(28,29)30)20(27)22(37)19(16)26/h3-5,7-8,11-12,15,37H,6,9-10,13H2,1-2H3. The van der Waals surface area contributed by atoms with Crippen molar-refractivity contribution in [2.24, 2.45) is 7.05 Å². The van der Waals surface area contributed by atoms with Crippen molar-refractivity contribution in [1.29, 1.82) is 0 Å². The molecule has 1 atom stereocenters. The first-order valence-corrected chi connectivity index (χ1v) is 11.6. The SMILES string of the molecule is CN(c1ccccc1)C1CCCN(c2ncc3c(-c4cc(C(F)(F)F)c(F)c(O)c4F)nn(C)c3n2)C1. The first-order valence-electron chi connectivity index (χ1n) is 11.6. The van der Waals surface area contributed by atoms with Gasteiger partial charge in [-0.05, 0) is 31.0 Å². The highest BCUT2D eigenvalue weighted by molar-refractivity contribution is 5.91. The van der Waals surface area contributed by atoms with Crippen molar-refractivity contribution in [3.63, 3.8) is 0 Å². The van der Waals surface area contributed by atoms with Gasteiger partial charge in [0.05, 0.1) is 10.9 Å². The zero-order chi connectivity index (χ0) is 26.5. The predicted octanol–water partition coefficient (Wildman–Crippen LogP) is 5.14. The molecule has 194 valence electrons. The minimum absolute atomic E-state index is 0.166. The zero-order valence-electron chi connectivity index (χ0n) is 20.0. The molecule has 0 amide bonds. The van der Waals surface area contributed by atoms with Crippen molar-refractivity contribution in [1.82, 2.24) is 19.7 Å². The lowest BCUT2D eigenvalue weighted by Crippen LogP contribution is -2.47. The zero-order valence-corrected chi connectivity index (χ0v) is 20.0. The molecule has 3 heterocycles. The Balaban J connectivity index is 1.50. The fourth-order valence-electron chi connectivity index (χ4n) is 4.71. The number of likely N-dealkylation sites (N-methyl/N-ethyl adjacent to an activating group) is 1. The average Bonchev–Trinajstić information content (AvgIpc) is 3.22. The maximum Gasteiger partial charge on any atom is 0.419 e. The third-order valence-corrected chi connectivity index (χ3v) is 6.70. The van der Waals surface area contributed by atoms with Gasteiger partial charge < -0.3 is 14.9 Å². The fourth-order valence-corrected chi connectivity index (χ4v) is 4.71. The van der Waals surface area contributed by atoms with E-state index in [-0.39, 0.29) is 22.8 Å². The van der Waals surface area contributed by atoms with Crippen LogP contribution in [0.25, 0.3) is 22.3 Å². The maximum atomic E-state index is 14.7. The van der Waals surface area contributed by atoms with E-state index in [1.54, 1.807) is 0 Å². The van der Waals surface area contributed by atoms with Crippen molar-refractivity contribution >= 4 is 22.7 Å². The molecule has 37 heavy (non-hydrogen) atoms. The highest BCUT2D eigenvalue weighted by atomic mass is 19.4. The number of aryl methyl sites for hydroxylation is 1. The van der Waals surface area contributed by atoms with Crippen molar-refractivity contribution in [3.8, 4) is 17.0 Å². The first-order chi connectivity index (χ1) is 17.6. The Morgan fingerprint density at radius 3 is 2.54 bits per heavy atom. The average molecular weight is 518 g/mol. The Kier molecular flexibility index (Phi) is 6.12. The van der Waals surface area contributed by atoms with Crippen LogP contribution in [-0.2, 0) is 13.2 Å². The van der Waals surface area contributed by atoms with E-state index < -0.39 is 34.7 Å². The van der Waals surface area contributed by atoms with Gasteiger partial charge in [0.25, 0.3) is 0 Å². The van der Waals surface area contributed by atoms with Gasteiger partial charge in [-0.2, -0.15) is 23.3 Å². The number of hydrogen-bond acceptors (Lipinski definition) is 6. The molecule has 4 aromatic rings. The normalized spacial score (nSPS) is 16.4. The summed E-state index contributed by atoms with van der Waals surface area (Å²) in [5.74, 6) is -4.93. The van der Waals surface area contributed by atoms with E-state index in [2.05, 4.69) is 20.0 Å². The van der Waals surface area contributed by atoms with E-state index in [4.69, 9.17) is 0 Å². The Hall–Kier alpha value is -3.96. The fraction of sp³-hybridized carbons (Fsp3) is 0.320. The molecule has 2 aromatic carbocycles. The highest BCUT2D eigenvalue weighted by Gasteiger charge is 2.38. The van der Waals surface area contributed by atoms with E-state index in [1.165, 1.54) is 17.9 Å². The van der Waals surface area contributed by atoms with Gasteiger partial charge in [0.2, 0.25) is 5.95 Å². The summed E-state index contributed by atoms with van der Waals surface area (Å²) >= 11 is 0. The largest absolute Gasteiger partial charge is 0.503 e. The first kappa shape index (κ1) is 24.7. The van der Waals surface area contributed by atoms with E-state index in [0.29, 0.717) is 25.1 Å². The molecule has 12 heteroatoms. The van der Waals surface area contributed by atoms with E-state index in [9.17, 15) is 27.1 Å². The van der Waals surface area contributed by atoms with Crippen LogP contribution in [0.2, 0.25) is 0 Å². The van der Waals surface area contributed by atoms with Crippen LogP contribution in [0.5, 0.6) is 5.75 Å². The molecule has 0 radical (unpaired) electrons. The van der Waals surface area contributed by atoms with Gasteiger partial charge in [0.15, 0.2) is 23.0 Å². The molecule has 1 aliphatic heterocycles. The molecule has 1 aliphatic rings. The van der Waals surface area contributed by atoms with Crippen molar-refractivity contribution < 1.29 is 27.1 Å². The van der Waals surface area contributed by atoms with Crippen LogP contribution in [0.3, 0.4) is 0 Å². The van der Waals surface area contributed by atoms with Crippen LogP contribution in [0.4, 0.5) is 33.6 Å². The second-order valence-corrected chi connectivity index (χ2v) is 9.01. The van der Waals surface area contributed by atoms with Gasteiger partial charge in [-0.15, -0.1) is 0 Å². The number of halogens is 5. The lowest BCUT2D eigenvalue weighted by atomic mass is 10.0. The lowest BCUT2D eigenvalue weighted by Gasteiger charge is -2.38. The van der Waals surface area contributed by atoms with Gasteiger partial charge in [-0.3, -0.25) is 0 Å². The lowest BCUT2D eigenvalue weighted by molar-refractivity contribution is -0.140. The Labute approximate surface area is 208 Å². The van der Waals surface area contributed by atoms with Crippen LogP contribution in [0, 0.1) is 11.6 Å². The number of anilines is 2. The maximum absolute atomic E-state index is 14.7. The number of aromatic nitrogens is 4. The summed E-state index contributed by atoms with van der Waals surface area (Å²) in [4.78, 5) is 13.2. The predicted molar refractivity (Wildman–Crippen MR) is 128 cm³/mol. The van der Waals surface area contributed by atoms with Crippen LogP contribution in [0.1, 0.15) is 18.4 Å². The summed E-state index contributed by atoms with van der Waals surface area (Å²) in [7, 11) is 3.54. The Bertz CT molecular complexity index is 1460. The second kappa shape index (κ2) is 9.16. The molecule has 2 aromatic heterocycles. The van der Waals surface area contributed by atoms with Gasteiger partial charge in [0.1, 0.15) is 5.69 Å². The molecular weight excluding hydrogens is 495 g/mol. The summed E-state index contributed by atoms with van der Waals surface area (Å²) in [5.41, 5.74) is -1.38. The molecule has 0 bridgehead atoms. The summed E-state index contributed by atoms with van der Waals surface area (Å²) in [6, 6.07) is 10.5. The number of aromatic hydroxyl groups is 1. The molecule has 1 N–H and O–H groups in total. The molecule has 1 fully saturated rings. The number of alkyl halides is 3. The summed E-state index contributed by atoms with van der Waals surface area (Å²) < 4.78 is 69.9. The number of phenols is 1. The molecule has 0 saturated carbocycles. The third kappa shape index (κ3) is 4.40.